The summed E-state index contributed by atoms with van der Waals surface area (Å²) < 4.78 is 17.8. The number of nitrogens with one attached hydrogen (secondary N) is 1. The summed E-state index contributed by atoms with van der Waals surface area (Å²) in [4.78, 5) is 28.0. The molecule has 1 aromatic rings. The average Bonchev–Trinajstić information content (AvgIpc) is 2.65. The van der Waals surface area contributed by atoms with Gasteiger partial charge >= 0.3 is 6.03 Å². The second-order valence-electron chi connectivity index (χ2n) is 7.68. The second kappa shape index (κ2) is 7.84. The van der Waals surface area contributed by atoms with E-state index in [-0.39, 0.29) is 37.4 Å². The molecule has 3 aliphatic rings. The van der Waals surface area contributed by atoms with Crippen LogP contribution in [-0.4, -0.2) is 73.3 Å². The zero-order chi connectivity index (χ0) is 18.8. The maximum Gasteiger partial charge on any atom is 0.320 e. The van der Waals surface area contributed by atoms with Crippen LogP contribution in [0.25, 0.3) is 0 Å². The van der Waals surface area contributed by atoms with Crippen LogP contribution in [0.3, 0.4) is 0 Å². The van der Waals surface area contributed by atoms with Crippen LogP contribution in [0.2, 0.25) is 0 Å². The number of amides is 3. The number of carbonyl (C=O) groups is 2. The van der Waals surface area contributed by atoms with Crippen LogP contribution in [-0.2, 0) is 16.0 Å². The minimum atomic E-state index is -0.282. The molecule has 3 heterocycles. The number of rotatable bonds is 4. The van der Waals surface area contributed by atoms with Crippen molar-refractivity contribution in [3.8, 4) is 0 Å². The van der Waals surface area contributed by atoms with Crippen LogP contribution >= 0.6 is 0 Å². The lowest BCUT2D eigenvalue weighted by Crippen LogP contribution is -2.63. The van der Waals surface area contributed by atoms with Crippen molar-refractivity contribution in [1.29, 1.82) is 0 Å². The Bertz CT molecular complexity index is 690. The summed E-state index contributed by atoms with van der Waals surface area (Å²) in [5, 5.41) is 2.93. The van der Waals surface area contributed by atoms with Crippen LogP contribution in [0.15, 0.2) is 24.3 Å². The number of halogens is 1. The Labute approximate surface area is 158 Å². The summed E-state index contributed by atoms with van der Waals surface area (Å²) in [5.74, 6) is 0.254. The quantitative estimate of drug-likeness (QED) is 0.871. The highest BCUT2D eigenvalue weighted by Gasteiger charge is 2.40. The zero-order valence-corrected chi connectivity index (χ0v) is 15.4. The summed E-state index contributed by atoms with van der Waals surface area (Å²) in [7, 11) is 0. The Hall–Kier alpha value is -2.15. The van der Waals surface area contributed by atoms with Crippen molar-refractivity contribution in [2.45, 2.75) is 37.3 Å². The molecule has 1 aromatic carbocycles. The number of urea groups is 1. The SMILES string of the molecule is O=C1CO[C@H]2CCN(C(=O)N3CC(c4ccc(CCCF)cc4)C3)C[C@H]2N1. The minimum Gasteiger partial charge on any atom is -0.366 e. The van der Waals surface area contributed by atoms with E-state index in [9.17, 15) is 14.0 Å². The van der Waals surface area contributed by atoms with Crippen molar-refractivity contribution in [2.75, 3.05) is 39.5 Å². The molecule has 7 heteroatoms. The maximum absolute atomic E-state index is 12.7. The van der Waals surface area contributed by atoms with Gasteiger partial charge in [0.1, 0.15) is 6.61 Å². The van der Waals surface area contributed by atoms with Crippen molar-refractivity contribution in [1.82, 2.24) is 15.1 Å². The van der Waals surface area contributed by atoms with E-state index < -0.39 is 0 Å². The summed E-state index contributed by atoms with van der Waals surface area (Å²) in [5.41, 5.74) is 2.39. The third-order valence-electron chi connectivity index (χ3n) is 5.80. The first-order chi connectivity index (χ1) is 13.1. The number of carbonyl (C=O) groups excluding carboxylic acids is 2. The van der Waals surface area contributed by atoms with E-state index in [2.05, 4.69) is 29.6 Å². The Balaban J connectivity index is 1.28. The van der Waals surface area contributed by atoms with E-state index in [1.54, 1.807) is 0 Å². The molecule has 0 unspecified atom stereocenters. The van der Waals surface area contributed by atoms with Crippen molar-refractivity contribution < 1.29 is 18.7 Å². The van der Waals surface area contributed by atoms with E-state index in [0.29, 0.717) is 25.4 Å². The molecule has 0 bridgehead atoms. The van der Waals surface area contributed by atoms with Gasteiger partial charge in [0, 0.05) is 32.1 Å². The number of hydrogen-bond acceptors (Lipinski definition) is 3. The van der Waals surface area contributed by atoms with E-state index in [1.807, 2.05) is 9.80 Å². The summed E-state index contributed by atoms with van der Waals surface area (Å²) in [6.45, 7) is 2.46. The molecular formula is C20H26FN3O3. The third kappa shape index (κ3) is 3.93. The van der Waals surface area contributed by atoms with Crippen molar-refractivity contribution in [3.63, 3.8) is 0 Å². The van der Waals surface area contributed by atoms with Crippen LogP contribution in [0.5, 0.6) is 0 Å². The average molecular weight is 375 g/mol. The summed E-state index contributed by atoms with van der Waals surface area (Å²) >= 11 is 0. The Kier molecular flexibility index (Phi) is 5.29. The summed E-state index contributed by atoms with van der Waals surface area (Å²) in [6.07, 6.45) is 2.11. The van der Waals surface area contributed by atoms with Crippen LogP contribution < -0.4 is 5.32 Å². The topological polar surface area (TPSA) is 61.9 Å². The molecule has 4 rings (SSSR count). The van der Waals surface area contributed by atoms with Gasteiger partial charge in [-0.25, -0.2) is 4.79 Å². The lowest BCUT2D eigenvalue weighted by Gasteiger charge is -2.46. The normalized spacial score (nSPS) is 25.6. The Morgan fingerprint density at radius 3 is 2.70 bits per heavy atom. The van der Waals surface area contributed by atoms with Gasteiger partial charge in [-0.15, -0.1) is 0 Å². The number of nitrogens with zero attached hydrogens (tertiary/aromatic N) is 2. The van der Waals surface area contributed by atoms with E-state index in [1.165, 1.54) is 5.56 Å². The number of benzene rings is 1. The van der Waals surface area contributed by atoms with E-state index >= 15 is 0 Å². The standard InChI is InChI=1S/C20H26FN3O3/c21-8-1-2-14-3-5-15(6-4-14)16-10-24(11-16)20(26)23-9-7-18-17(12-23)22-19(25)13-27-18/h3-6,16-18H,1-2,7-13H2,(H,22,25)/t17-,18+/m1/s1. The van der Waals surface area contributed by atoms with Gasteiger partial charge in [-0.05, 0) is 30.4 Å². The Morgan fingerprint density at radius 1 is 1.19 bits per heavy atom. The first-order valence-electron chi connectivity index (χ1n) is 9.73. The molecule has 27 heavy (non-hydrogen) atoms. The van der Waals surface area contributed by atoms with Gasteiger partial charge in [-0.2, -0.15) is 0 Å². The molecule has 3 amide bonds. The van der Waals surface area contributed by atoms with Crippen LogP contribution in [0, 0.1) is 0 Å². The molecule has 0 saturated carbocycles. The molecule has 3 saturated heterocycles. The number of piperidine rings is 1. The summed E-state index contributed by atoms with van der Waals surface area (Å²) in [6, 6.07) is 8.26. The minimum absolute atomic E-state index is 0.0202. The van der Waals surface area contributed by atoms with Gasteiger partial charge in [0.15, 0.2) is 0 Å². The fraction of sp³-hybridized carbons (Fsp3) is 0.600. The lowest BCUT2D eigenvalue weighted by atomic mass is 9.90. The van der Waals surface area contributed by atoms with Gasteiger partial charge in [-0.3, -0.25) is 9.18 Å². The molecule has 3 aliphatic heterocycles. The molecule has 0 radical (unpaired) electrons. The molecule has 0 spiro atoms. The van der Waals surface area contributed by atoms with Crippen molar-refractivity contribution in [2.24, 2.45) is 0 Å². The van der Waals surface area contributed by atoms with Crippen LogP contribution in [0.4, 0.5) is 9.18 Å². The van der Waals surface area contributed by atoms with Crippen molar-refractivity contribution in [3.05, 3.63) is 35.4 Å². The molecule has 1 N–H and O–H groups in total. The Morgan fingerprint density at radius 2 is 1.96 bits per heavy atom. The highest BCUT2D eigenvalue weighted by molar-refractivity contribution is 5.79. The fourth-order valence-corrected chi connectivity index (χ4v) is 4.15. The van der Waals surface area contributed by atoms with Crippen LogP contribution in [0.1, 0.15) is 29.9 Å². The van der Waals surface area contributed by atoms with Crippen molar-refractivity contribution >= 4 is 11.9 Å². The highest BCUT2D eigenvalue weighted by atomic mass is 19.1. The van der Waals surface area contributed by atoms with Gasteiger partial charge in [0.2, 0.25) is 5.91 Å². The predicted molar refractivity (Wildman–Crippen MR) is 98.3 cm³/mol. The lowest BCUT2D eigenvalue weighted by molar-refractivity contribution is -0.139. The van der Waals surface area contributed by atoms with E-state index in [0.717, 1.165) is 31.5 Å². The predicted octanol–water partition coefficient (Wildman–Crippen LogP) is 1.70. The first kappa shape index (κ1) is 18.2. The maximum atomic E-state index is 12.7. The second-order valence-corrected chi connectivity index (χ2v) is 7.68. The van der Waals surface area contributed by atoms with Gasteiger partial charge in [-0.1, -0.05) is 24.3 Å². The molecule has 146 valence electrons. The molecule has 2 atom stereocenters. The zero-order valence-electron chi connectivity index (χ0n) is 15.4. The monoisotopic (exact) mass is 375 g/mol. The molecular weight excluding hydrogens is 349 g/mol. The number of likely N-dealkylation sites (tertiary alicyclic amines) is 2. The number of alkyl halides is 1. The number of hydrogen-bond donors (Lipinski definition) is 1. The third-order valence-corrected chi connectivity index (χ3v) is 5.80. The number of ether oxygens (including phenoxy) is 1. The molecule has 3 fully saturated rings. The first-order valence-corrected chi connectivity index (χ1v) is 9.73. The fourth-order valence-electron chi connectivity index (χ4n) is 4.15. The number of aryl methyl sites for hydroxylation is 1. The highest BCUT2D eigenvalue weighted by Crippen LogP contribution is 2.29. The molecule has 6 nitrogen and oxygen atoms in total. The smallest absolute Gasteiger partial charge is 0.320 e. The van der Waals surface area contributed by atoms with Gasteiger partial charge < -0.3 is 19.9 Å². The molecule has 0 aliphatic carbocycles. The number of fused-ring (bicyclic) bond motifs is 1. The number of morpholine rings is 1. The molecule has 0 aromatic heterocycles. The largest absolute Gasteiger partial charge is 0.366 e. The van der Waals surface area contributed by atoms with Gasteiger partial charge in [0.25, 0.3) is 0 Å². The van der Waals surface area contributed by atoms with Gasteiger partial charge in [0.05, 0.1) is 18.8 Å². The van der Waals surface area contributed by atoms with E-state index in [4.69, 9.17) is 4.74 Å².